The maximum Gasteiger partial charge on any atom is 0.254 e. The standard InChI is InChI=1S/C27H33N3O8/c1-34-22-7-5-18(24(35-2)25(22)36-3)14-28-8-10-29(11-9-28)27(33)20-13-19(31)15-30(20)26(32)17-4-6-21-23(12-17)38-16-37-21/h4-7,12,19-20,31H,8-11,13-16H2,1-3H3/t19-,20+/m1/s1. The molecule has 2 saturated heterocycles. The van der Waals surface area contributed by atoms with E-state index in [9.17, 15) is 14.7 Å². The van der Waals surface area contributed by atoms with Gasteiger partial charge in [-0.25, -0.2) is 0 Å². The summed E-state index contributed by atoms with van der Waals surface area (Å²) in [5, 5.41) is 10.4. The van der Waals surface area contributed by atoms with Crippen LogP contribution in [0.4, 0.5) is 0 Å². The van der Waals surface area contributed by atoms with Gasteiger partial charge >= 0.3 is 0 Å². The third-order valence-electron chi connectivity index (χ3n) is 7.31. The van der Waals surface area contributed by atoms with E-state index in [1.165, 1.54) is 4.90 Å². The van der Waals surface area contributed by atoms with Crippen LogP contribution in [0.2, 0.25) is 0 Å². The van der Waals surface area contributed by atoms with Crippen molar-refractivity contribution >= 4 is 11.8 Å². The minimum absolute atomic E-state index is 0.112. The van der Waals surface area contributed by atoms with Gasteiger partial charge in [0.2, 0.25) is 18.4 Å². The smallest absolute Gasteiger partial charge is 0.254 e. The molecule has 11 heteroatoms. The van der Waals surface area contributed by atoms with Crippen molar-refractivity contribution < 1.29 is 38.4 Å². The summed E-state index contributed by atoms with van der Waals surface area (Å²) in [5.41, 5.74) is 1.36. The van der Waals surface area contributed by atoms with Crippen LogP contribution in [0.3, 0.4) is 0 Å². The molecule has 2 fully saturated rings. The monoisotopic (exact) mass is 527 g/mol. The van der Waals surface area contributed by atoms with E-state index in [-0.39, 0.29) is 31.6 Å². The van der Waals surface area contributed by atoms with Gasteiger partial charge in [0.15, 0.2) is 23.0 Å². The van der Waals surface area contributed by atoms with Gasteiger partial charge in [0, 0.05) is 56.8 Å². The number of rotatable bonds is 7. The Hall–Kier alpha value is -3.70. The minimum Gasteiger partial charge on any atom is -0.493 e. The zero-order valence-corrected chi connectivity index (χ0v) is 21.8. The van der Waals surface area contributed by atoms with Gasteiger partial charge in [-0.2, -0.15) is 0 Å². The number of fused-ring (bicyclic) bond motifs is 1. The number of carbonyl (C=O) groups excluding carboxylic acids is 2. The third kappa shape index (κ3) is 4.91. The average molecular weight is 528 g/mol. The molecule has 204 valence electrons. The second-order valence-corrected chi connectivity index (χ2v) is 9.53. The molecule has 0 spiro atoms. The summed E-state index contributed by atoms with van der Waals surface area (Å²) in [4.78, 5) is 32.3. The van der Waals surface area contributed by atoms with Crippen LogP contribution in [-0.4, -0.2) is 105 Å². The number of carbonyl (C=O) groups is 2. The van der Waals surface area contributed by atoms with E-state index in [1.807, 2.05) is 12.1 Å². The van der Waals surface area contributed by atoms with Gasteiger partial charge < -0.3 is 38.6 Å². The number of aliphatic hydroxyl groups excluding tert-OH is 1. The Kier molecular flexibility index (Phi) is 7.48. The normalized spacial score (nSPS) is 20.9. The number of ether oxygens (including phenoxy) is 5. The first-order valence-corrected chi connectivity index (χ1v) is 12.6. The third-order valence-corrected chi connectivity index (χ3v) is 7.31. The number of hydrogen-bond donors (Lipinski definition) is 1. The summed E-state index contributed by atoms with van der Waals surface area (Å²) in [7, 11) is 4.76. The predicted octanol–water partition coefficient (Wildman–Crippen LogP) is 1.36. The van der Waals surface area contributed by atoms with Gasteiger partial charge in [0.05, 0.1) is 27.4 Å². The summed E-state index contributed by atoms with van der Waals surface area (Å²) >= 11 is 0. The van der Waals surface area contributed by atoms with Gasteiger partial charge in [-0.05, 0) is 24.3 Å². The number of β-amino-alcohol motifs (C(OH)–C–C–N with tert-alkyl or cyclic N) is 1. The van der Waals surface area contributed by atoms with Crippen LogP contribution in [0, 0.1) is 0 Å². The number of nitrogens with zero attached hydrogens (tertiary/aromatic N) is 3. The number of likely N-dealkylation sites (tertiary alicyclic amines) is 1. The molecule has 3 aliphatic rings. The van der Waals surface area contributed by atoms with Crippen molar-refractivity contribution in [1.29, 1.82) is 0 Å². The van der Waals surface area contributed by atoms with Crippen LogP contribution in [-0.2, 0) is 11.3 Å². The highest BCUT2D eigenvalue weighted by molar-refractivity contribution is 5.98. The highest BCUT2D eigenvalue weighted by Crippen LogP contribution is 2.40. The molecule has 1 N–H and O–H groups in total. The van der Waals surface area contributed by atoms with Crippen molar-refractivity contribution in [2.24, 2.45) is 0 Å². The molecule has 2 amide bonds. The first kappa shape index (κ1) is 25.9. The molecule has 0 radical (unpaired) electrons. The number of aliphatic hydroxyl groups is 1. The number of hydrogen-bond acceptors (Lipinski definition) is 9. The molecule has 2 atom stereocenters. The van der Waals surface area contributed by atoms with Crippen molar-refractivity contribution in [3.63, 3.8) is 0 Å². The van der Waals surface area contributed by atoms with Crippen molar-refractivity contribution in [3.05, 3.63) is 41.5 Å². The molecule has 3 heterocycles. The van der Waals surface area contributed by atoms with Crippen LogP contribution < -0.4 is 23.7 Å². The van der Waals surface area contributed by atoms with Crippen LogP contribution in [0.5, 0.6) is 28.7 Å². The number of amides is 2. The summed E-state index contributed by atoms with van der Waals surface area (Å²) in [5.74, 6) is 2.41. The molecule has 3 aliphatic heterocycles. The molecule has 0 aliphatic carbocycles. The molecule has 11 nitrogen and oxygen atoms in total. The minimum atomic E-state index is -0.749. The molecule has 5 rings (SSSR count). The Morgan fingerprint density at radius 2 is 1.68 bits per heavy atom. The molecular formula is C27H33N3O8. The maximum absolute atomic E-state index is 13.5. The van der Waals surface area contributed by atoms with Gasteiger partial charge in [0.1, 0.15) is 6.04 Å². The molecule has 0 unspecified atom stereocenters. The largest absolute Gasteiger partial charge is 0.493 e. The number of piperazine rings is 1. The molecule has 0 saturated carbocycles. The van der Waals surface area contributed by atoms with Crippen LogP contribution in [0.15, 0.2) is 30.3 Å². The van der Waals surface area contributed by atoms with Crippen LogP contribution in [0.25, 0.3) is 0 Å². The van der Waals surface area contributed by atoms with E-state index in [2.05, 4.69) is 4.90 Å². The van der Waals surface area contributed by atoms with E-state index in [0.29, 0.717) is 67.0 Å². The summed E-state index contributed by atoms with van der Waals surface area (Å²) in [6.07, 6.45) is -0.529. The zero-order valence-electron chi connectivity index (χ0n) is 21.8. The molecule has 0 bridgehead atoms. The maximum atomic E-state index is 13.5. The Morgan fingerprint density at radius 3 is 2.39 bits per heavy atom. The van der Waals surface area contributed by atoms with E-state index in [0.717, 1.165) is 5.56 Å². The quantitative estimate of drug-likeness (QED) is 0.571. The lowest BCUT2D eigenvalue weighted by atomic mass is 10.1. The van der Waals surface area contributed by atoms with E-state index in [4.69, 9.17) is 23.7 Å². The van der Waals surface area contributed by atoms with E-state index in [1.54, 1.807) is 44.4 Å². The van der Waals surface area contributed by atoms with Crippen molar-refractivity contribution in [1.82, 2.24) is 14.7 Å². The lowest BCUT2D eigenvalue weighted by Crippen LogP contribution is -2.54. The lowest BCUT2D eigenvalue weighted by Gasteiger charge is -2.37. The zero-order chi connectivity index (χ0) is 26.8. The van der Waals surface area contributed by atoms with Gasteiger partial charge in [0.25, 0.3) is 5.91 Å². The Labute approximate surface area is 221 Å². The predicted molar refractivity (Wildman–Crippen MR) is 136 cm³/mol. The molecule has 38 heavy (non-hydrogen) atoms. The second-order valence-electron chi connectivity index (χ2n) is 9.53. The fourth-order valence-electron chi connectivity index (χ4n) is 5.33. The molecular weight excluding hydrogens is 494 g/mol. The van der Waals surface area contributed by atoms with Crippen LogP contribution >= 0.6 is 0 Å². The fourth-order valence-corrected chi connectivity index (χ4v) is 5.33. The number of methoxy groups -OCH3 is 3. The highest BCUT2D eigenvalue weighted by Gasteiger charge is 2.42. The topological polar surface area (TPSA) is 110 Å². The summed E-state index contributed by atoms with van der Waals surface area (Å²) in [6, 6.07) is 8.07. The molecule has 2 aromatic rings. The number of benzene rings is 2. The van der Waals surface area contributed by atoms with E-state index >= 15 is 0 Å². The SMILES string of the molecule is COc1ccc(CN2CCN(C(=O)[C@@H]3C[C@@H](O)CN3C(=O)c3ccc4c(c3)OCO4)CC2)c(OC)c1OC. The van der Waals surface area contributed by atoms with Crippen LogP contribution in [0.1, 0.15) is 22.3 Å². The van der Waals surface area contributed by atoms with E-state index < -0.39 is 12.1 Å². The fraction of sp³-hybridized carbons (Fsp3) is 0.481. The first-order valence-electron chi connectivity index (χ1n) is 12.6. The Bertz CT molecular complexity index is 1200. The first-order chi connectivity index (χ1) is 18.4. The van der Waals surface area contributed by atoms with Gasteiger partial charge in [-0.3, -0.25) is 14.5 Å². The summed E-state index contributed by atoms with van der Waals surface area (Å²) in [6.45, 7) is 3.22. The Morgan fingerprint density at radius 1 is 0.947 bits per heavy atom. The van der Waals surface area contributed by atoms with Crippen molar-refractivity contribution in [3.8, 4) is 28.7 Å². The average Bonchev–Trinajstić information content (AvgIpc) is 3.58. The van der Waals surface area contributed by atoms with Gasteiger partial charge in [-0.1, -0.05) is 6.07 Å². The lowest BCUT2D eigenvalue weighted by molar-refractivity contribution is -0.137. The second kappa shape index (κ2) is 11.0. The molecule has 2 aromatic carbocycles. The van der Waals surface area contributed by atoms with Crippen molar-refractivity contribution in [2.75, 3.05) is 60.8 Å². The summed E-state index contributed by atoms with van der Waals surface area (Å²) < 4.78 is 27.2. The Balaban J connectivity index is 1.23. The van der Waals surface area contributed by atoms with Gasteiger partial charge in [-0.15, -0.1) is 0 Å². The highest BCUT2D eigenvalue weighted by atomic mass is 16.7. The van der Waals surface area contributed by atoms with Crippen molar-refractivity contribution in [2.45, 2.75) is 25.1 Å². The molecule has 0 aromatic heterocycles.